The summed E-state index contributed by atoms with van der Waals surface area (Å²) >= 11 is 0. The van der Waals surface area contributed by atoms with Crippen molar-refractivity contribution < 1.29 is 23.1 Å². The lowest BCUT2D eigenvalue weighted by Gasteiger charge is -2.24. The summed E-state index contributed by atoms with van der Waals surface area (Å²) in [4.78, 5) is 12.6. The van der Waals surface area contributed by atoms with Gasteiger partial charge in [0.1, 0.15) is 12.5 Å². The fourth-order valence-corrected chi connectivity index (χ4v) is 6.44. The number of aryl methyl sites for hydroxylation is 2. The van der Waals surface area contributed by atoms with Crippen LogP contribution in [0, 0.1) is 6.92 Å². The Hall–Kier alpha value is -2.92. The SMILES string of the molecule is Cc1ccc2c(C3CCCCC3)c(-c3ccccc3OCC(=O)NCCCCN(C)S(=O)(=O)NCO)n(C)c2c1. The normalized spacial score (nSPS) is 14.6. The number of unbranched alkanes of at least 4 members (excludes halogenated alkanes) is 1. The van der Waals surface area contributed by atoms with E-state index in [1.807, 2.05) is 22.9 Å². The molecule has 40 heavy (non-hydrogen) atoms. The number of nitrogens with zero attached hydrogens (tertiary/aromatic N) is 2. The zero-order valence-corrected chi connectivity index (χ0v) is 24.6. The van der Waals surface area contributed by atoms with E-state index in [1.165, 1.54) is 66.9 Å². The highest BCUT2D eigenvalue weighted by atomic mass is 32.2. The predicted octanol–water partition coefficient (Wildman–Crippen LogP) is 4.19. The molecule has 0 aliphatic heterocycles. The molecule has 0 atom stereocenters. The number of carbonyl (C=O) groups is 1. The molecule has 1 heterocycles. The Kier molecular flexibility index (Phi) is 10.2. The number of hydrogen-bond acceptors (Lipinski definition) is 5. The van der Waals surface area contributed by atoms with Crippen molar-refractivity contribution in [1.82, 2.24) is 18.9 Å². The maximum absolute atomic E-state index is 12.6. The molecule has 1 saturated carbocycles. The minimum absolute atomic E-state index is 0.104. The summed E-state index contributed by atoms with van der Waals surface area (Å²) in [6.45, 7) is 2.07. The lowest BCUT2D eigenvalue weighted by Crippen LogP contribution is -2.39. The van der Waals surface area contributed by atoms with Crippen LogP contribution in [0.25, 0.3) is 22.2 Å². The first-order valence-electron chi connectivity index (χ1n) is 14.1. The van der Waals surface area contributed by atoms with Crippen LogP contribution < -0.4 is 14.8 Å². The number of aliphatic hydroxyl groups excluding tert-OH is 1. The van der Waals surface area contributed by atoms with Gasteiger partial charge in [0.2, 0.25) is 0 Å². The van der Waals surface area contributed by atoms with Gasteiger partial charge in [0.15, 0.2) is 6.61 Å². The molecule has 1 amide bonds. The number of hydrogen-bond donors (Lipinski definition) is 3. The number of rotatable bonds is 13. The lowest BCUT2D eigenvalue weighted by molar-refractivity contribution is -0.123. The molecule has 3 aromatic rings. The van der Waals surface area contributed by atoms with Crippen LogP contribution in [0.2, 0.25) is 0 Å². The number of fused-ring (bicyclic) bond motifs is 1. The Balaban J connectivity index is 1.43. The van der Waals surface area contributed by atoms with E-state index in [0.717, 1.165) is 9.87 Å². The Morgan fingerprint density at radius 2 is 1.88 bits per heavy atom. The average molecular weight is 571 g/mol. The summed E-state index contributed by atoms with van der Waals surface area (Å²) in [6.07, 6.45) is 7.34. The number of ether oxygens (including phenoxy) is 1. The smallest absolute Gasteiger partial charge is 0.281 e. The highest BCUT2D eigenvalue weighted by molar-refractivity contribution is 7.87. The van der Waals surface area contributed by atoms with E-state index < -0.39 is 16.9 Å². The van der Waals surface area contributed by atoms with Gasteiger partial charge in [0, 0.05) is 43.7 Å². The molecule has 0 bridgehead atoms. The fraction of sp³-hybridized carbons (Fsp3) is 0.500. The van der Waals surface area contributed by atoms with E-state index in [4.69, 9.17) is 9.84 Å². The number of amides is 1. The maximum Gasteiger partial charge on any atom is 0.281 e. The predicted molar refractivity (Wildman–Crippen MR) is 158 cm³/mol. The highest BCUT2D eigenvalue weighted by Crippen LogP contribution is 2.45. The first-order valence-corrected chi connectivity index (χ1v) is 15.6. The van der Waals surface area contributed by atoms with E-state index in [-0.39, 0.29) is 19.1 Å². The van der Waals surface area contributed by atoms with Crippen molar-refractivity contribution in [2.24, 2.45) is 7.05 Å². The zero-order chi connectivity index (χ0) is 28.7. The van der Waals surface area contributed by atoms with Gasteiger partial charge in [0.05, 0.1) is 5.69 Å². The number of para-hydroxylation sites is 1. The van der Waals surface area contributed by atoms with Gasteiger partial charge in [-0.15, -0.1) is 0 Å². The van der Waals surface area contributed by atoms with Gasteiger partial charge in [-0.25, -0.2) is 0 Å². The van der Waals surface area contributed by atoms with Crippen LogP contribution in [0.15, 0.2) is 42.5 Å². The molecule has 218 valence electrons. The summed E-state index contributed by atoms with van der Waals surface area (Å²) in [7, 11) is -0.117. The standard InChI is InChI=1S/C30H42N4O5S/c1-22-15-16-24-26(19-22)34(3)30(29(24)23-11-5-4-6-12-23)25-13-7-8-14-27(25)39-20-28(36)31-17-9-10-18-33(2)40(37,38)32-21-35/h7-8,13-16,19,23,32,35H,4-6,9-12,17-18,20-21H2,1-3H3,(H,31,36). The molecule has 1 aromatic heterocycles. The second-order valence-electron chi connectivity index (χ2n) is 10.6. The third kappa shape index (κ3) is 7.04. The third-order valence-electron chi connectivity index (χ3n) is 7.79. The van der Waals surface area contributed by atoms with Crippen molar-refractivity contribution >= 4 is 27.0 Å². The zero-order valence-electron chi connectivity index (χ0n) is 23.8. The van der Waals surface area contributed by atoms with Crippen molar-refractivity contribution in [3.05, 3.63) is 53.6 Å². The number of nitrogens with one attached hydrogen (secondary N) is 2. The average Bonchev–Trinajstić information content (AvgIpc) is 3.23. The monoisotopic (exact) mass is 570 g/mol. The van der Waals surface area contributed by atoms with Gasteiger partial charge in [-0.1, -0.05) is 43.5 Å². The van der Waals surface area contributed by atoms with E-state index >= 15 is 0 Å². The second kappa shape index (κ2) is 13.6. The summed E-state index contributed by atoms with van der Waals surface area (Å²) in [5, 5.41) is 12.9. The summed E-state index contributed by atoms with van der Waals surface area (Å²) in [6, 6.07) is 14.6. The van der Waals surface area contributed by atoms with Crippen molar-refractivity contribution in [1.29, 1.82) is 0 Å². The molecular weight excluding hydrogens is 528 g/mol. The molecule has 9 nitrogen and oxygen atoms in total. The maximum atomic E-state index is 12.6. The second-order valence-corrected chi connectivity index (χ2v) is 12.5. The first-order chi connectivity index (χ1) is 19.2. The van der Waals surface area contributed by atoms with Crippen molar-refractivity contribution in [3.8, 4) is 17.0 Å². The molecule has 1 aliphatic carbocycles. The highest BCUT2D eigenvalue weighted by Gasteiger charge is 2.27. The lowest BCUT2D eigenvalue weighted by atomic mass is 9.81. The minimum Gasteiger partial charge on any atom is -0.483 e. The topological polar surface area (TPSA) is 113 Å². The first kappa shape index (κ1) is 30.0. The molecule has 1 fully saturated rings. The van der Waals surface area contributed by atoms with Crippen LogP contribution in [-0.2, 0) is 22.1 Å². The van der Waals surface area contributed by atoms with Gasteiger partial charge < -0.3 is 19.7 Å². The minimum atomic E-state index is -3.68. The van der Waals surface area contributed by atoms with Gasteiger partial charge in [-0.05, 0) is 67.9 Å². The number of carbonyl (C=O) groups excluding carboxylic acids is 1. The molecular formula is C30H42N4O5S. The van der Waals surface area contributed by atoms with E-state index in [0.29, 0.717) is 31.1 Å². The summed E-state index contributed by atoms with van der Waals surface area (Å²) in [5.41, 5.74) is 5.99. The molecule has 0 spiro atoms. The van der Waals surface area contributed by atoms with E-state index in [2.05, 4.69) is 48.1 Å². The van der Waals surface area contributed by atoms with Crippen molar-refractivity contribution in [3.63, 3.8) is 0 Å². The van der Waals surface area contributed by atoms with Crippen LogP contribution >= 0.6 is 0 Å². The Bertz CT molecular complexity index is 1410. The summed E-state index contributed by atoms with van der Waals surface area (Å²) in [5.74, 6) is 0.957. The molecule has 0 radical (unpaired) electrons. The Morgan fingerprint density at radius 1 is 1.12 bits per heavy atom. The van der Waals surface area contributed by atoms with Crippen LogP contribution in [0.5, 0.6) is 5.75 Å². The van der Waals surface area contributed by atoms with Crippen molar-refractivity contribution in [2.75, 3.05) is 33.5 Å². The number of aromatic nitrogens is 1. The molecule has 10 heteroatoms. The molecule has 0 unspecified atom stereocenters. The van der Waals surface area contributed by atoms with E-state index in [9.17, 15) is 13.2 Å². The van der Waals surface area contributed by atoms with Crippen LogP contribution in [0.1, 0.15) is 62.0 Å². The van der Waals surface area contributed by atoms with Crippen LogP contribution in [0.3, 0.4) is 0 Å². The Morgan fingerprint density at radius 3 is 2.62 bits per heavy atom. The van der Waals surface area contributed by atoms with Crippen LogP contribution in [-0.4, -0.2) is 61.8 Å². The number of benzene rings is 2. The molecule has 1 aliphatic rings. The van der Waals surface area contributed by atoms with Gasteiger partial charge in [-0.2, -0.15) is 17.4 Å². The third-order valence-corrected chi connectivity index (χ3v) is 9.29. The van der Waals surface area contributed by atoms with Gasteiger partial charge in [-0.3, -0.25) is 4.79 Å². The van der Waals surface area contributed by atoms with Gasteiger partial charge in [0.25, 0.3) is 16.1 Å². The molecule has 0 saturated heterocycles. The quantitative estimate of drug-likeness (QED) is 0.211. The van der Waals surface area contributed by atoms with Crippen molar-refractivity contribution in [2.45, 2.75) is 57.8 Å². The summed E-state index contributed by atoms with van der Waals surface area (Å²) < 4.78 is 35.2. The van der Waals surface area contributed by atoms with Crippen LogP contribution in [0.4, 0.5) is 0 Å². The largest absolute Gasteiger partial charge is 0.483 e. The van der Waals surface area contributed by atoms with Gasteiger partial charge >= 0.3 is 0 Å². The van der Waals surface area contributed by atoms with E-state index in [1.54, 1.807) is 0 Å². The fourth-order valence-electron chi connectivity index (χ4n) is 5.69. The molecule has 4 rings (SSSR count). The number of aliphatic hydroxyl groups is 1. The molecule has 2 aromatic carbocycles. The molecule has 3 N–H and O–H groups in total. The Labute approximate surface area is 237 Å².